The number of rotatable bonds is 8. The fraction of sp³-hybridized carbons (Fsp3) is 0.478. The molecular formula is C23H33N3O2S. The Hall–Kier alpha value is -2.05. The number of nitrogens with one attached hydrogen (secondary N) is 2. The molecule has 1 aromatic carbocycles. The van der Waals surface area contributed by atoms with E-state index in [9.17, 15) is 8.42 Å². The lowest BCUT2D eigenvalue weighted by Gasteiger charge is -2.21. The number of para-hydroxylation sites is 1. The molecule has 0 fully saturated rings. The predicted molar refractivity (Wildman–Crippen MR) is 122 cm³/mol. The molecule has 1 unspecified atom stereocenters. The third-order valence-electron chi connectivity index (χ3n) is 5.44. The van der Waals surface area contributed by atoms with Gasteiger partial charge in [-0.05, 0) is 53.0 Å². The highest BCUT2D eigenvalue weighted by Crippen LogP contribution is 2.14. The van der Waals surface area contributed by atoms with E-state index in [4.69, 9.17) is 0 Å². The number of benzene rings is 1. The topological polar surface area (TPSA) is 63.1 Å². The van der Waals surface area contributed by atoms with Crippen molar-refractivity contribution in [3.05, 3.63) is 47.1 Å². The van der Waals surface area contributed by atoms with E-state index in [1.165, 1.54) is 21.5 Å². The molecule has 0 amide bonds. The van der Waals surface area contributed by atoms with E-state index in [0.717, 1.165) is 31.5 Å². The first kappa shape index (κ1) is 21.7. The van der Waals surface area contributed by atoms with Gasteiger partial charge in [0.15, 0.2) is 0 Å². The normalized spacial score (nSPS) is 16.8. The summed E-state index contributed by atoms with van der Waals surface area (Å²) in [5, 5.41) is 7.39. The van der Waals surface area contributed by atoms with Crippen LogP contribution in [0, 0.1) is 0 Å². The molecular weight excluding hydrogens is 382 g/mol. The lowest BCUT2D eigenvalue weighted by Crippen LogP contribution is -2.40. The Kier molecular flexibility index (Phi) is 6.24. The maximum Gasteiger partial charge on any atom is 0.216 e. The Labute approximate surface area is 174 Å². The number of hydrogen-bond acceptors (Lipinski definition) is 3. The molecule has 1 atom stereocenters. The molecule has 0 spiro atoms. The molecule has 6 heteroatoms. The highest BCUT2D eigenvalue weighted by Gasteiger charge is 2.28. The van der Waals surface area contributed by atoms with E-state index < -0.39 is 14.8 Å². The molecule has 0 saturated heterocycles. The quantitative estimate of drug-likeness (QED) is 0.652. The van der Waals surface area contributed by atoms with Crippen molar-refractivity contribution in [2.75, 3.05) is 6.54 Å². The van der Waals surface area contributed by atoms with Crippen molar-refractivity contribution in [2.24, 2.45) is 0 Å². The maximum absolute atomic E-state index is 12.1. The summed E-state index contributed by atoms with van der Waals surface area (Å²) in [7, 11) is -3.29. The summed E-state index contributed by atoms with van der Waals surface area (Å²) < 4.78 is 28.5. The highest BCUT2D eigenvalue weighted by atomic mass is 32.2. The number of aryl methyl sites for hydroxylation is 1. The molecule has 158 valence electrons. The van der Waals surface area contributed by atoms with Crippen molar-refractivity contribution < 1.29 is 8.42 Å². The first-order valence-corrected chi connectivity index (χ1v) is 11.8. The van der Waals surface area contributed by atoms with Gasteiger partial charge in [-0.1, -0.05) is 36.9 Å². The van der Waals surface area contributed by atoms with E-state index in [2.05, 4.69) is 64.5 Å². The predicted octanol–water partition coefficient (Wildman–Crippen LogP) is 2.60. The van der Waals surface area contributed by atoms with Crippen molar-refractivity contribution in [3.63, 3.8) is 0 Å². The van der Waals surface area contributed by atoms with Crippen LogP contribution in [0.5, 0.6) is 0 Å². The van der Waals surface area contributed by atoms with Gasteiger partial charge in [0.1, 0.15) is 0 Å². The second-order valence-corrected chi connectivity index (χ2v) is 11.2. The van der Waals surface area contributed by atoms with Crippen LogP contribution in [0.3, 0.4) is 0 Å². The Morgan fingerprint density at radius 2 is 2.00 bits per heavy atom. The average molecular weight is 416 g/mol. The van der Waals surface area contributed by atoms with Gasteiger partial charge in [-0.2, -0.15) is 0 Å². The number of hydrogen-bond donors (Lipinski definition) is 2. The van der Waals surface area contributed by atoms with Crippen LogP contribution in [-0.4, -0.2) is 30.3 Å². The van der Waals surface area contributed by atoms with Gasteiger partial charge in [0.05, 0.1) is 4.75 Å². The molecule has 1 aliphatic rings. The van der Waals surface area contributed by atoms with Gasteiger partial charge >= 0.3 is 0 Å². The SMILES string of the molecule is C=C(CCCNS(=O)(=O)C(C)(C)C)NC1C=c2c(n(CC)c3ccccc23)=CC1. The van der Waals surface area contributed by atoms with E-state index in [0.29, 0.717) is 6.54 Å². The molecule has 3 rings (SSSR count). The number of aromatic nitrogens is 1. The second kappa shape index (κ2) is 8.36. The molecule has 1 aromatic heterocycles. The minimum absolute atomic E-state index is 0.206. The molecule has 5 nitrogen and oxygen atoms in total. The molecule has 29 heavy (non-hydrogen) atoms. The number of sulfonamides is 1. The summed E-state index contributed by atoms with van der Waals surface area (Å²) in [5.41, 5.74) is 2.22. The van der Waals surface area contributed by atoms with Crippen LogP contribution in [0.1, 0.15) is 47.0 Å². The number of allylic oxidation sites excluding steroid dienone is 1. The smallest absolute Gasteiger partial charge is 0.216 e. The van der Waals surface area contributed by atoms with Gasteiger partial charge in [0.2, 0.25) is 10.0 Å². The van der Waals surface area contributed by atoms with Gasteiger partial charge in [0, 0.05) is 46.3 Å². The van der Waals surface area contributed by atoms with Gasteiger partial charge in [-0.25, -0.2) is 13.1 Å². The van der Waals surface area contributed by atoms with Crippen molar-refractivity contribution in [3.8, 4) is 0 Å². The standard InChI is InChI=1S/C23H33N3O2S/c1-6-26-21-12-8-7-11-19(21)20-16-18(13-14-22(20)26)25-17(2)10-9-15-24-29(27,28)23(3,4)5/h7-8,11-12,14,16,18,24-25H,2,6,9-10,13,15H2,1,3-5H3. The van der Waals surface area contributed by atoms with Crippen molar-refractivity contribution in [1.82, 2.24) is 14.6 Å². The Bertz CT molecular complexity index is 1120. The zero-order chi connectivity index (χ0) is 21.2. The van der Waals surface area contributed by atoms with Crippen molar-refractivity contribution >= 4 is 33.1 Å². The molecule has 2 aromatic rings. The minimum atomic E-state index is -3.29. The summed E-state index contributed by atoms with van der Waals surface area (Å²) in [6.07, 6.45) is 6.98. The van der Waals surface area contributed by atoms with Crippen LogP contribution >= 0.6 is 0 Å². The lowest BCUT2D eigenvalue weighted by atomic mass is 10.1. The summed E-state index contributed by atoms with van der Waals surface area (Å²) >= 11 is 0. The monoisotopic (exact) mass is 415 g/mol. The largest absolute Gasteiger partial charge is 0.382 e. The van der Waals surface area contributed by atoms with Crippen LogP contribution in [0.25, 0.3) is 23.1 Å². The lowest BCUT2D eigenvalue weighted by molar-refractivity contribution is 0.541. The van der Waals surface area contributed by atoms with Crippen molar-refractivity contribution in [1.29, 1.82) is 0 Å². The van der Waals surface area contributed by atoms with Crippen LogP contribution < -0.4 is 20.6 Å². The molecule has 0 bridgehead atoms. The first-order chi connectivity index (χ1) is 13.6. The molecule has 1 aliphatic carbocycles. The summed E-state index contributed by atoms with van der Waals surface area (Å²) in [6, 6.07) is 8.75. The van der Waals surface area contributed by atoms with E-state index >= 15 is 0 Å². The summed E-state index contributed by atoms with van der Waals surface area (Å²) in [5.74, 6) is 0. The fourth-order valence-electron chi connectivity index (χ4n) is 3.75. The van der Waals surface area contributed by atoms with E-state index in [1.807, 2.05) is 0 Å². The van der Waals surface area contributed by atoms with Crippen LogP contribution in [0.15, 0.2) is 36.5 Å². The van der Waals surface area contributed by atoms with Gasteiger partial charge in [-0.3, -0.25) is 0 Å². The van der Waals surface area contributed by atoms with Gasteiger partial charge < -0.3 is 9.88 Å². The highest BCUT2D eigenvalue weighted by molar-refractivity contribution is 7.90. The van der Waals surface area contributed by atoms with Gasteiger partial charge in [0.25, 0.3) is 0 Å². The molecule has 0 aliphatic heterocycles. The molecule has 1 heterocycles. The molecule has 0 saturated carbocycles. The maximum atomic E-state index is 12.1. The van der Waals surface area contributed by atoms with Crippen molar-refractivity contribution in [2.45, 2.75) is 64.3 Å². The van der Waals surface area contributed by atoms with E-state index in [-0.39, 0.29) is 6.04 Å². The zero-order valence-corrected chi connectivity index (χ0v) is 18.8. The summed E-state index contributed by atoms with van der Waals surface area (Å²) in [4.78, 5) is 0. The first-order valence-electron chi connectivity index (χ1n) is 10.4. The number of fused-ring (bicyclic) bond motifs is 3. The second-order valence-electron chi connectivity index (χ2n) is 8.63. The Balaban J connectivity index is 1.62. The molecule has 0 radical (unpaired) electrons. The average Bonchev–Trinajstić information content (AvgIpc) is 2.97. The van der Waals surface area contributed by atoms with Crippen LogP contribution in [-0.2, 0) is 16.6 Å². The zero-order valence-electron chi connectivity index (χ0n) is 18.0. The third kappa shape index (κ3) is 4.59. The third-order valence-corrected chi connectivity index (χ3v) is 7.64. The Morgan fingerprint density at radius 3 is 2.69 bits per heavy atom. The summed E-state index contributed by atoms with van der Waals surface area (Å²) in [6.45, 7) is 12.8. The van der Waals surface area contributed by atoms with Crippen LogP contribution in [0.4, 0.5) is 0 Å². The van der Waals surface area contributed by atoms with Crippen LogP contribution in [0.2, 0.25) is 0 Å². The minimum Gasteiger partial charge on any atom is -0.382 e. The van der Waals surface area contributed by atoms with E-state index in [1.54, 1.807) is 20.8 Å². The number of nitrogens with zero attached hydrogens (tertiary/aromatic N) is 1. The van der Waals surface area contributed by atoms with Gasteiger partial charge in [-0.15, -0.1) is 0 Å². The molecule has 2 N–H and O–H groups in total. The Morgan fingerprint density at radius 1 is 1.28 bits per heavy atom. The fourth-order valence-corrected chi connectivity index (χ4v) is 4.60.